The molecule has 0 spiro atoms. The normalized spacial score (nSPS) is 10.8. The van der Waals surface area contributed by atoms with Crippen LogP contribution < -0.4 is 0 Å². The second-order valence-electron chi connectivity index (χ2n) is 3.20. The molecule has 0 unspecified atom stereocenters. The van der Waals surface area contributed by atoms with E-state index in [0.29, 0.717) is 10.8 Å². The lowest BCUT2D eigenvalue weighted by atomic mass is 10.0. The predicted octanol–water partition coefficient (Wildman–Crippen LogP) is 3.13. The van der Waals surface area contributed by atoms with Crippen LogP contribution in [0.1, 0.15) is 5.56 Å². The van der Waals surface area contributed by atoms with Crippen molar-refractivity contribution in [3.8, 4) is 5.75 Å². The molecule has 0 aliphatic carbocycles. The summed E-state index contributed by atoms with van der Waals surface area (Å²) in [6.07, 6.45) is 0. The Morgan fingerprint density at radius 3 is 2.57 bits per heavy atom. The van der Waals surface area contributed by atoms with Crippen molar-refractivity contribution in [3.05, 3.63) is 41.5 Å². The molecule has 0 aromatic heterocycles. The maximum absolute atomic E-state index is 13.1. The number of aryl methyl sites for hydroxylation is 1. The van der Waals surface area contributed by atoms with E-state index in [0.717, 1.165) is 6.07 Å². The van der Waals surface area contributed by atoms with E-state index < -0.39 is 11.6 Å². The standard InChI is InChI=1S/C11H8F2O/c1-6-9-3-2-8(14)4-7(9)5-10(12)11(6)13/h2-5,14H,1H3. The van der Waals surface area contributed by atoms with E-state index >= 15 is 0 Å². The zero-order valence-electron chi connectivity index (χ0n) is 7.51. The molecule has 0 fully saturated rings. The van der Waals surface area contributed by atoms with Gasteiger partial charge in [-0.05, 0) is 41.5 Å². The molecule has 14 heavy (non-hydrogen) atoms. The topological polar surface area (TPSA) is 20.2 Å². The number of fused-ring (bicyclic) bond motifs is 1. The first-order chi connectivity index (χ1) is 6.59. The fourth-order valence-corrected chi connectivity index (χ4v) is 1.51. The minimum Gasteiger partial charge on any atom is -0.508 e. The van der Waals surface area contributed by atoms with Crippen LogP contribution in [-0.2, 0) is 0 Å². The summed E-state index contributed by atoms with van der Waals surface area (Å²) >= 11 is 0. The van der Waals surface area contributed by atoms with Gasteiger partial charge >= 0.3 is 0 Å². The van der Waals surface area contributed by atoms with E-state index in [-0.39, 0.29) is 11.3 Å². The molecule has 1 N–H and O–H groups in total. The molecule has 0 atom stereocenters. The Bertz CT molecular complexity index is 506. The molecule has 1 nitrogen and oxygen atoms in total. The highest BCUT2D eigenvalue weighted by molar-refractivity contribution is 5.87. The minimum absolute atomic E-state index is 0.0444. The van der Waals surface area contributed by atoms with Crippen LogP contribution in [0.3, 0.4) is 0 Å². The maximum Gasteiger partial charge on any atom is 0.162 e. The largest absolute Gasteiger partial charge is 0.508 e. The fourth-order valence-electron chi connectivity index (χ4n) is 1.51. The van der Waals surface area contributed by atoms with Gasteiger partial charge in [0, 0.05) is 0 Å². The molecule has 0 radical (unpaired) electrons. The van der Waals surface area contributed by atoms with E-state index in [4.69, 9.17) is 5.11 Å². The zero-order valence-corrected chi connectivity index (χ0v) is 7.51. The summed E-state index contributed by atoms with van der Waals surface area (Å²) in [6, 6.07) is 5.51. The lowest BCUT2D eigenvalue weighted by Crippen LogP contribution is -1.90. The van der Waals surface area contributed by atoms with Gasteiger partial charge in [-0.25, -0.2) is 8.78 Å². The monoisotopic (exact) mass is 194 g/mol. The van der Waals surface area contributed by atoms with Crippen molar-refractivity contribution in [2.24, 2.45) is 0 Å². The molecule has 0 saturated carbocycles. The average molecular weight is 194 g/mol. The van der Waals surface area contributed by atoms with Gasteiger partial charge in [0.15, 0.2) is 11.6 Å². The van der Waals surface area contributed by atoms with Crippen molar-refractivity contribution in [1.82, 2.24) is 0 Å². The van der Waals surface area contributed by atoms with E-state index in [1.54, 1.807) is 6.07 Å². The summed E-state index contributed by atoms with van der Waals surface area (Å²) in [4.78, 5) is 0. The van der Waals surface area contributed by atoms with Crippen LogP contribution in [0.15, 0.2) is 24.3 Å². The molecule has 0 bridgehead atoms. The molecule has 0 aliphatic rings. The lowest BCUT2D eigenvalue weighted by molar-refractivity contribution is 0.476. The number of hydrogen-bond donors (Lipinski definition) is 1. The summed E-state index contributed by atoms with van der Waals surface area (Å²) < 4.78 is 26.1. The number of halogens is 2. The summed E-state index contributed by atoms with van der Waals surface area (Å²) in [6.45, 7) is 1.51. The quantitative estimate of drug-likeness (QED) is 0.683. The number of phenols is 1. The van der Waals surface area contributed by atoms with E-state index in [1.807, 2.05) is 0 Å². The zero-order chi connectivity index (χ0) is 10.3. The van der Waals surface area contributed by atoms with Crippen LogP contribution in [0.4, 0.5) is 8.78 Å². The van der Waals surface area contributed by atoms with Crippen LogP contribution >= 0.6 is 0 Å². The number of hydrogen-bond acceptors (Lipinski definition) is 1. The molecule has 2 aromatic carbocycles. The molecule has 3 heteroatoms. The van der Waals surface area contributed by atoms with Gasteiger partial charge in [0.2, 0.25) is 0 Å². The molecule has 0 heterocycles. The Labute approximate surface area is 79.6 Å². The van der Waals surface area contributed by atoms with Crippen molar-refractivity contribution in [1.29, 1.82) is 0 Å². The molecule has 0 aliphatic heterocycles. The van der Waals surface area contributed by atoms with Gasteiger partial charge in [-0.1, -0.05) is 6.07 Å². The Hall–Kier alpha value is -1.64. The Morgan fingerprint density at radius 1 is 1.14 bits per heavy atom. The molecule has 0 saturated heterocycles. The predicted molar refractivity (Wildman–Crippen MR) is 50.3 cm³/mol. The van der Waals surface area contributed by atoms with Crippen molar-refractivity contribution in [2.45, 2.75) is 6.92 Å². The highest BCUT2D eigenvalue weighted by atomic mass is 19.2. The van der Waals surface area contributed by atoms with Crippen LogP contribution in [0.2, 0.25) is 0 Å². The minimum atomic E-state index is -0.888. The Morgan fingerprint density at radius 2 is 1.86 bits per heavy atom. The van der Waals surface area contributed by atoms with Crippen LogP contribution in [-0.4, -0.2) is 5.11 Å². The Kier molecular flexibility index (Phi) is 1.88. The molecule has 72 valence electrons. The van der Waals surface area contributed by atoms with Gasteiger partial charge in [-0.3, -0.25) is 0 Å². The van der Waals surface area contributed by atoms with Gasteiger partial charge in [0.1, 0.15) is 5.75 Å². The van der Waals surface area contributed by atoms with E-state index in [2.05, 4.69) is 0 Å². The fraction of sp³-hybridized carbons (Fsp3) is 0.0909. The van der Waals surface area contributed by atoms with E-state index in [9.17, 15) is 8.78 Å². The third-order valence-electron chi connectivity index (χ3n) is 2.26. The van der Waals surface area contributed by atoms with Gasteiger partial charge in [-0.15, -0.1) is 0 Å². The van der Waals surface area contributed by atoms with Crippen molar-refractivity contribution >= 4 is 10.8 Å². The van der Waals surface area contributed by atoms with Crippen LogP contribution in [0.5, 0.6) is 5.75 Å². The molecule has 0 amide bonds. The third-order valence-corrected chi connectivity index (χ3v) is 2.26. The van der Waals surface area contributed by atoms with Crippen LogP contribution in [0.25, 0.3) is 10.8 Å². The molecule has 2 aromatic rings. The molecular weight excluding hydrogens is 186 g/mol. The highest BCUT2D eigenvalue weighted by Crippen LogP contribution is 2.26. The van der Waals surface area contributed by atoms with Crippen LogP contribution in [0, 0.1) is 18.6 Å². The maximum atomic E-state index is 13.1. The summed E-state index contributed by atoms with van der Waals surface area (Å²) in [5.41, 5.74) is 0.264. The first-order valence-electron chi connectivity index (χ1n) is 4.17. The second-order valence-corrected chi connectivity index (χ2v) is 3.20. The third kappa shape index (κ3) is 1.21. The first kappa shape index (κ1) is 8.94. The van der Waals surface area contributed by atoms with Gasteiger partial charge in [-0.2, -0.15) is 0 Å². The van der Waals surface area contributed by atoms with E-state index in [1.165, 1.54) is 19.1 Å². The number of rotatable bonds is 0. The average Bonchev–Trinajstić information content (AvgIpc) is 2.14. The first-order valence-corrected chi connectivity index (χ1v) is 4.17. The summed E-state index contributed by atoms with van der Waals surface area (Å²) in [5.74, 6) is -1.67. The number of benzene rings is 2. The molecule has 2 rings (SSSR count). The Balaban J connectivity index is 2.91. The van der Waals surface area contributed by atoms with Crippen molar-refractivity contribution in [3.63, 3.8) is 0 Å². The van der Waals surface area contributed by atoms with Gasteiger partial charge in [0.25, 0.3) is 0 Å². The van der Waals surface area contributed by atoms with Crippen molar-refractivity contribution < 1.29 is 13.9 Å². The highest BCUT2D eigenvalue weighted by Gasteiger charge is 2.09. The van der Waals surface area contributed by atoms with Crippen molar-refractivity contribution in [2.75, 3.05) is 0 Å². The second kappa shape index (κ2) is 2.94. The number of aromatic hydroxyl groups is 1. The summed E-state index contributed by atoms with van der Waals surface area (Å²) in [5, 5.41) is 10.3. The smallest absolute Gasteiger partial charge is 0.162 e. The van der Waals surface area contributed by atoms with Gasteiger partial charge < -0.3 is 5.11 Å². The SMILES string of the molecule is Cc1c(F)c(F)cc2cc(O)ccc12. The lowest BCUT2D eigenvalue weighted by Gasteiger charge is -2.04. The molecular formula is C11H8F2O. The number of phenolic OH excluding ortho intramolecular Hbond substituents is 1. The summed E-state index contributed by atoms with van der Waals surface area (Å²) in [7, 11) is 0. The van der Waals surface area contributed by atoms with Gasteiger partial charge in [0.05, 0.1) is 0 Å².